The van der Waals surface area contributed by atoms with Gasteiger partial charge in [0.05, 0.1) is 6.04 Å². The van der Waals surface area contributed by atoms with Gasteiger partial charge in [0.1, 0.15) is 11.6 Å². The van der Waals surface area contributed by atoms with Crippen molar-refractivity contribution in [3.8, 4) is 5.75 Å². The molecular formula is C15H20N4O2. The SMILES string of the molecule is CC(C)c1nc(C(=O)N(C)C(C)c2ccccc2O)n[nH]1. The number of aromatic amines is 1. The predicted molar refractivity (Wildman–Crippen MR) is 79.1 cm³/mol. The van der Waals surface area contributed by atoms with Crippen molar-refractivity contribution in [3.63, 3.8) is 0 Å². The Hall–Kier alpha value is -2.37. The molecule has 0 radical (unpaired) electrons. The number of H-pyrrole nitrogens is 1. The quantitative estimate of drug-likeness (QED) is 0.905. The summed E-state index contributed by atoms with van der Waals surface area (Å²) in [7, 11) is 1.67. The van der Waals surface area contributed by atoms with Gasteiger partial charge in [-0.05, 0) is 13.0 Å². The lowest BCUT2D eigenvalue weighted by atomic mass is 10.1. The predicted octanol–water partition coefficient (Wildman–Crippen LogP) is 2.47. The van der Waals surface area contributed by atoms with Gasteiger partial charge in [-0.3, -0.25) is 9.89 Å². The van der Waals surface area contributed by atoms with Crippen molar-refractivity contribution in [2.75, 3.05) is 7.05 Å². The average Bonchev–Trinajstić information content (AvgIpc) is 2.95. The zero-order valence-electron chi connectivity index (χ0n) is 12.7. The first kappa shape index (κ1) is 15.0. The number of hydrogen-bond acceptors (Lipinski definition) is 4. The molecule has 0 saturated carbocycles. The molecule has 2 aromatic rings. The number of hydrogen-bond donors (Lipinski definition) is 2. The summed E-state index contributed by atoms with van der Waals surface area (Å²) in [4.78, 5) is 18.1. The van der Waals surface area contributed by atoms with Crippen LogP contribution >= 0.6 is 0 Å². The number of nitrogens with zero attached hydrogens (tertiary/aromatic N) is 3. The smallest absolute Gasteiger partial charge is 0.293 e. The van der Waals surface area contributed by atoms with Crippen LogP contribution in [0.1, 0.15) is 54.7 Å². The molecule has 0 aliphatic rings. The average molecular weight is 288 g/mol. The summed E-state index contributed by atoms with van der Waals surface area (Å²) in [5, 5.41) is 16.6. The van der Waals surface area contributed by atoms with Crippen molar-refractivity contribution < 1.29 is 9.90 Å². The normalized spacial score (nSPS) is 12.4. The third kappa shape index (κ3) is 3.04. The number of phenolic OH excluding ortho intramolecular Hbond substituents is 1. The largest absolute Gasteiger partial charge is 0.508 e. The fraction of sp³-hybridized carbons (Fsp3) is 0.400. The zero-order valence-corrected chi connectivity index (χ0v) is 12.7. The lowest BCUT2D eigenvalue weighted by molar-refractivity contribution is 0.0729. The lowest BCUT2D eigenvalue weighted by Gasteiger charge is -2.24. The van der Waals surface area contributed by atoms with Gasteiger partial charge < -0.3 is 10.0 Å². The molecule has 2 N–H and O–H groups in total. The molecule has 0 bridgehead atoms. The standard InChI is InChI=1S/C15H20N4O2/c1-9(2)13-16-14(18-17-13)15(21)19(4)10(3)11-7-5-6-8-12(11)20/h5-10,20H,1-4H3,(H,16,17,18). The molecule has 2 rings (SSSR count). The van der Waals surface area contributed by atoms with Gasteiger partial charge in [-0.1, -0.05) is 32.0 Å². The molecule has 1 amide bonds. The fourth-order valence-corrected chi connectivity index (χ4v) is 2.01. The van der Waals surface area contributed by atoms with E-state index in [1.165, 1.54) is 4.90 Å². The molecule has 1 unspecified atom stereocenters. The molecule has 6 nitrogen and oxygen atoms in total. The summed E-state index contributed by atoms with van der Waals surface area (Å²) in [6.07, 6.45) is 0. The van der Waals surface area contributed by atoms with Crippen LogP contribution in [0.3, 0.4) is 0 Å². The maximum atomic E-state index is 12.4. The van der Waals surface area contributed by atoms with E-state index in [2.05, 4.69) is 15.2 Å². The van der Waals surface area contributed by atoms with Crippen molar-refractivity contribution in [3.05, 3.63) is 41.5 Å². The number of benzene rings is 1. The van der Waals surface area contributed by atoms with Crippen LogP contribution in [0.25, 0.3) is 0 Å². The van der Waals surface area contributed by atoms with E-state index in [0.29, 0.717) is 11.4 Å². The van der Waals surface area contributed by atoms with Gasteiger partial charge in [0, 0.05) is 18.5 Å². The second-order valence-corrected chi connectivity index (χ2v) is 5.35. The van der Waals surface area contributed by atoms with E-state index in [-0.39, 0.29) is 29.4 Å². The van der Waals surface area contributed by atoms with Gasteiger partial charge in [0.15, 0.2) is 0 Å². The number of phenols is 1. The Morgan fingerprint density at radius 3 is 2.52 bits per heavy atom. The highest BCUT2D eigenvalue weighted by molar-refractivity contribution is 5.90. The van der Waals surface area contributed by atoms with Gasteiger partial charge in [-0.25, -0.2) is 4.98 Å². The van der Waals surface area contributed by atoms with Crippen molar-refractivity contribution in [2.24, 2.45) is 0 Å². The Labute approximate surface area is 123 Å². The third-order valence-electron chi connectivity index (χ3n) is 3.53. The number of aromatic nitrogens is 3. The molecule has 112 valence electrons. The van der Waals surface area contributed by atoms with Crippen LogP contribution in [0, 0.1) is 0 Å². The number of para-hydroxylation sites is 1. The number of carbonyl (C=O) groups excluding carboxylic acids is 1. The van der Waals surface area contributed by atoms with Gasteiger partial charge in [0.2, 0.25) is 5.82 Å². The zero-order chi connectivity index (χ0) is 15.6. The molecule has 0 spiro atoms. The Bertz CT molecular complexity index is 636. The second kappa shape index (κ2) is 5.95. The molecule has 21 heavy (non-hydrogen) atoms. The van der Waals surface area contributed by atoms with E-state index in [0.717, 1.165) is 0 Å². The van der Waals surface area contributed by atoms with Gasteiger partial charge in [-0.2, -0.15) is 0 Å². The summed E-state index contributed by atoms with van der Waals surface area (Å²) in [6.45, 7) is 5.80. The van der Waals surface area contributed by atoms with Gasteiger partial charge in [0.25, 0.3) is 5.91 Å². The van der Waals surface area contributed by atoms with Crippen molar-refractivity contribution in [1.29, 1.82) is 0 Å². The van der Waals surface area contributed by atoms with Crippen molar-refractivity contribution in [2.45, 2.75) is 32.7 Å². The minimum atomic E-state index is -0.283. The molecule has 6 heteroatoms. The third-order valence-corrected chi connectivity index (χ3v) is 3.53. The fourth-order valence-electron chi connectivity index (χ4n) is 2.01. The minimum absolute atomic E-state index is 0.142. The summed E-state index contributed by atoms with van der Waals surface area (Å²) in [5.74, 6) is 0.891. The van der Waals surface area contributed by atoms with Crippen LogP contribution < -0.4 is 0 Å². The van der Waals surface area contributed by atoms with E-state index in [4.69, 9.17) is 0 Å². The Morgan fingerprint density at radius 1 is 1.29 bits per heavy atom. The number of nitrogens with one attached hydrogen (secondary N) is 1. The maximum absolute atomic E-state index is 12.4. The molecular weight excluding hydrogens is 268 g/mol. The molecule has 1 atom stereocenters. The van der Waals surface area contributed by atoms with Gasteiger partial charge >= 0.3 is 0 Å². The van der Waals surface area contributed by atoms with E-state index in [9.17, 15) is 9.90 Å². The molecule has 1 heterocycles. The number of amides is 1. The van der Waals surface area contributed by atoms with Crippen LogP contribution in [-0.4, -0.2) is 38.1 Å². The minimum Gasteiger partial charge on any atom is -0.508 e. The van der Waals surface area contributed by atoms with Crippen molar-refractivity contribution in [1.82, 2.24) is 20.1 Å². The summed E-state index contributed by atoms with van der Waals surface area (Å²) in [5.41, 5.74) is 0.688. The number of carbonyl (C=O) groups is 1. The first-order valence-electron chi connectivity index (χ1n) is 6.89. The summed E-state index contributed by atoms with van der Waals surface area (Å²) in [6, 6.07) is 6.69. The highest BCUT2D eigenvalue weighted by Crippen LogP contribution is 2.27. The van der Waals surface area contributed by atoms with Crippen LogP contribution in [0.5, 0.6) is 5.75 Å². The highest BCUT2D eigenvalue weighted by Gasteiger charge is 2.24. The van der Waals surface area contributed by atoms with Crippen LogP contribution in [0.4, 0.5) is 0 Å². The molecule has 0 fully saturated rings. The topological polar surface area (TPSA) is 82.1 Å². The Morgan fingerprint density at radius 2 is 1.95 bits per heavy atom. The maximum Gasteiger partial charge on any atom is 0.293 e. The first-order chi connectivity index (χ1) is 9.91. The molecule has 0 aliphatic heterocycles. The van der Waals surface area contributed by atoms with E-state index < -0.39 is 0 Å². The second-order valence-electron chi connectivity index (χ2n) is 5.35. The number of aromatic hydroxyl groups is 1. The molecule has 0 saturated heterocycles. The first-order valence-corrected chi connectivity index (χ1v) is 6.89. The van der Waals surface area contributed by atoms with Crippen LogP contribution in [0.15, 0.2) is 24.3 Å². The Kier molecular flexibility index (Phi) is 4.26. The molecule has 1 aromatic heterocycles. The highest BCUT2D eigenvalue weighted by atomic mass is 16.3. The number of rotatable bonds is 4. The molecule has 1 aromatic carbocycles. The summed E-state index contributed by atoms with van der Waals surface area (Å²) < 4.78 is 0. The van der Waals surface area contributed by atoms with E-state index in [1.807, 2.05) is 26.8 Å². The van der Waals surface area contributed by atoms with Crippen molar-refractivity contribution >= 4 is 5.91 Å². The molecule has 0 aliphatic carbocycles. The monoisotopic (exact) mass is 288 g/mol. The summed E-state index contributed by atoms with van der Waals surface area (Å²) >= 11 is 0. The van der Waals surface area contributed by atoms with Crippen LogP contribution in [-0.2, 0) is 0 Å². The van der Waals surface area contributed by atoms with Crippen LogP contribution in [0.2, 0.25) is 0 Å². The lowest BCUT2D eigenvalue weighted by Crippen LogP contribution is -2.30. The van der Waals surface area contributed by atoms with E-state index in [1.54, 1.807) is 25.2 Å². The Balaban J connectivity index is 2.20. The van der Waals surface area contributed by atoms with E-state index >= 15 is 0 Å². The van der Waals surface area contributed by atoms with Gasteiger partial charge in [-0.15, -0.1) is 5.10 Å².